The van der Waals surface area contributed by atoms with Gasteiger partial charge in [-0.3, -0.25) is 4.72 Å². The average molecular weight is 269 g/mol. The molecule has 0 aliphatic heterocycles. The second kappa shape index (κ2) is 6.23. The number of nitrogens with two attached hydrogens (primary N) is 1. The Morgan fingerprint density at radius 2 is 2.22 bits per heavy atom. The van der Waals surface area contributed by atoms with E-state index in [-0.39, 0.29) is 23.6 Å². The first-order valence-electron chi connectivity index (χ1n) is 5.36. The third kappa shape index (κ3) is 4.24. The summed E-state index contributed by atoms with van der Waals surface area (Å²) in [7, 11) is -3.52. The molecule has 0 fully saturated rings. The van der Waals surface area contributed by atoms with E-state index in [0.29, 0.717) is 12.3 Å². The number of hydrogen-bond acceptors (Lipinski definition) is 5. The van der Waals surface area contributed by atoms with Gasteiger partial charge in [0.05, 0.1) is 23.6 Å². The molecule has 0 aliphatic carbocycles. The topological polar surface area (TPSA) is 105 Å². The summed E-state index contributed by atoms with van der Waals surface area (Å²) in [5.74, 6) is -0.157. The Morgan fingerprint density at radius 1 is 1.50 bits per heavy atom. The van der Waals surface area contributed by atoms with Crippen LogP contribution in [0.25, 0.3) is 0 Å². The summed E-state index contributed by atoms with van der Waals surface area (Å²) in [6.07, 6.45) is 0. The van der Waals surface area contributed by atoms with Crippen molar-refractivity contribution in [3.63, 3.8) is 0 Å². The fourth-order valence-corrected chi connectivity index (χ4v) is 2.23. The van der Waals surface area contributed by atoms with Gasteiger partial charge in [0, 0.05) is 12.3 Å². The lowest BCUT2D eigenvalue weighted by molar-refractivity contribution is 0.163. The number of ether oxygens (including phenoxy) is 1. The second-order valence-electron chi connectivity index (χ2n) is 3.53. The van der Waals surface area contributed by atoms with Gasteiger partial charge < -0.3 is 10.5 Å². The highest BCUT2D eigenvalue weighted by Gasteiger charge is 2.13. The van der Waals surface area contributed by atoms with Crippen molar-refractivity contribution < 1.29 is 13.2 Å². The summed E-state index contributed by atoms with van der Waals surface area (Å²) < 4.78 is 30.7. The number of benzene rings is 1. The molecule has 0 spiro atoms. The number of nitriles is 1. The van der Waals surface area contributed by atoms with E-state index in [1.807, 2.05) is 6.07 Å². The van der Waals surface area contributed by atoms with Crippen LogP contribution in [0.3, 0.4) is 0 Å². The molecule has 6 nitrogen and oxygen atoms in total. The maximum absolute atomic E-state index is 11.7. The quantitative estimate of drug-likeness (QED) is 0.590. The van der Waals surface area contributed by atoms with Crippen LogP contribution in [0.4, 0.5) is 11.4 Å². The first kappa shape index (κ1) is 14.3. The first-order chi connectivity index (χ1) is 8.48. The molecule has 0 aliphatic rings. The molecule has 1 rings (SSSR count). The Morgan fingerprint density at radius 3 is 2.83 bits per heavy atom. The molecule has 1 aromatic rings. The fourth-order valence-electron chi connectivity index (χ4n) is 1.27. The highest BCUT2D eigenvalue weighted by atomic mass is 32.2. The fraction of sp³-hybridized carbons (Fsp3) is 0.364. The molecule has 3 N–H and O–H groups in total. The summed E-state index contributed by atoms with van der Waals surface area (Å²) in [6.45, 7) is 2.36. The van der Waals surface area contributed by atoms with Gasteiger partial charge in [-0.05, 0) is 25.1 Å². The summed E-state index contributed by atoms with van der Waals surface area (Å²) in [5.41, 5.74) is 6.34. The predicted octanol–water partition coefficient (Wildman–Crippen LogP) is 0.919. The van der Waals surface area contributed by atoms with Gasteiger partial charge in [0.25, 0.3) is 0 Å². The van der Waals surface area contributed by atoms with Crippen LogP contribution in [0.5, 0.6) is 0 Å². The van der Waals surface area contributed by atoms with Crippen molar-refractivity contribution in [3.05, 3.63) is 23.8 Å². The molecule has 7 heteroatoms. The van der Waals surface area contributed by atoms with Crippen molar-refractivity contribution in [2.75, 3.05) is 29.4 Å². The molecular formula is C11H15N3O3S. The van der Waals surface area contributed by atoms with E-state index in [9.17, 15) is 8.42 Å². The van der Waals surface area contributed by atoms with Crippen molar-refractivity contribution in [1.82, 2.24) is 0 Å². The Bertz CT molecular complexity index is 549. The van der Waals surface area contributed by atoms with Crippen LogP contribution in [0.1, 0.15) is 12.5 Å². The van der Waals surface area contributed by atoms with Gasteiger partial charge in [-0.1, -0.05) is 0 Å². The van der Waals surface area contributed by atoms with Crippen LogP contribution in [-0.2, 0) is 14.8 Å². The van der Waals surface area contributed by atoms with Crippen molar-refractivity contribution in [2.24, 2.45) is 0 Å². The normalized spacial score (nSPS) is 10.9. The smallest absolute Gasteiger partial charge is 0.235 e. The maximum Gasteiger partial charge on any atom is 0.235 e. The molecule has 0 unspecified atom stereocenters. The Balaban J connectivity index is 2.81. The standard InChI is InChI=1S/C11H15N3O3S/c1-2-17-5-6-18(15,16)14-11-4-3-10(13)7-9(11)8-12/h3-4,7,14H,2,5-6,13H2,1H3. The molecule has 0 amide bonds. The number of rotatable bonds is 6. The molecule has 0 heterocycles. The molecule has 0 saturated heterocycles. The van der Waals surface area contributed by atoms with Gasteiger partial charge in [-0.25, -0.2) is 8.42 Å². The van der Waals surface area contributed by atoms with Crippen molar-refractivity contribution in [2.45, 2.75) is 6.92 Å². The number of sulfonamides is 1. The average Bonchev–Trinajstić information content (AvgIpc) is 2.31. The van der Waals surface area contributed by atoms with Crippen LogP contribution in [0.15, 0.2) is 18.2 Å². The van der Waals surface area contributed by atoms with Gasteiger partial charge >= 0.3 is 0 Å². The van der Waals surface area contributed by atoms with Gasteiger partial charge in [0.15, 0.2) is 0 Å². The van der Waals surface area contributed by atoms with E-state index in [0.717, 1.165) is 0 Å². The Hall–Kier alpha value is -1.78. The molecule has 0 aromatic heterocycles. The minimum atomic E-state index is -3.52. The number of anilines is 2. The minimum absolute atomic E-state index is 0.114. The maximum atomic E-state index is 11.7. The highest BCUT2D eigenvalue weighted by Crippen LogP contribution is 2.19. The lowest BCUT2D eigenvalue weighted by Gasteiger charge is -2.09. The summed E-state index contributed by atoms with van der Waals surface area (Å²) in [6, 6.07) is 6.30. The van der Waals surface area contributed by atoms with E-state index in [1.165, 1.54) is 18.2 Å². The van der Waals surface area contributed by atoms with Crippen molar-refractivity contribution >= 4 is 21.4 Å². The molecule has 0 bridgehead atoms. The van der Waals surface area contributed by atoms with Gasteiger partial charge in [0.2, 0.25) is 10.0 Å². The van der Waals surface area contributed by atoms with Gasteiger partial charge in [0.1, 0.15) is 6.07 Å². The predicted molar refractivity (Wildman–Crippen MR) is 69.5 cm³/mol. The minimum Gasteiger partial charge on any atom is -0.399 e. The van der Waals surface area contributed by atoms with Crippen LogP contribution in [0, 0.1) is 11.3 Å². The van der Waals surface area contributed by atoms with E-state index >= 15 is 0 Å². The molecule has 98 valence electrons. The number of nitrogen functional groups attached to an aromatic ring is 1. The largest absolute Gasteiger partial charge is 0.399 e. The second-order valence-corrected chi connectivity index (χ2v) is 5.38. The Labute approximate surface area is 106 Å². The number of nitrogens with one attached hydrogen (secondary N) is 1. The molecule has 0 atom stereocenters. The van der Waals surface area contributed by atoms with Crippen LogP contribution in [-0.4, -0.2) is 27.4 Å². The monoisotopic (exact) mass is 269 g/mol. The van der Waals surface area contributed by atoms with Crippen LogP contribution < -0.4 is 10.5 Å². The summed E-state index contributed by atoms with van der Waals surface area (Å²) >= 11 is 0. The molecule has 0 radical (unpaired) electrons. The number of nitrogens with zero attached hydrogens (tertiary/aromatic N) is 1. The van der Waals surface area contributed by atoms with E-state index in [4.69, 9.17) is 15.7 Å². The van der Waals surface area contributed by atoms with Crippen molar-refractivity contribution in [1.29, 1.82) is 5.26 Å². The van der Waals surface area contributed by atoms with Crippen molar-refractivity contribution in [3.8, 4) is 6.07 Å². The molecular weight excluding hydrogens is 254 g/mol. The Kier molecular flexibility index (Phi) is 4.95. The zero-order chi connectivity index (χ0) is 13.6. The van der Waals surface area contributed by atoms with Crippen LogP contribution in [0.2, 0.25) is 0 Å². The summed E-state index contributed by atoms with van der Waals surface area (Å²) in [5, 5.41) is 8.89. The van der Waals surface area contributed by atoms with Crippen LogP contribution >= 0.6 is 0 Å². The third-order valence-corrected chi connectivity index (χ3v) is 3.37. The lowest BCUT2D eigenvalue weighted by atomic mass is 10.2. The van der Waals surface area contributed by atoms with E-state index in [2.05, 4.69) is 4.72 Å². The zero-order valence-electron chi connectivity index (χ0n) is 10.0. The molecule has 1 aromatic carbocycles. The first-order valence-corrected chi connectivity index (χ1v) is 7.01. The van der Waals surface area contributed by atoms with E-state index in [1.54, 1.807) is 6.92 Å². The van der Waals surface area contributed by atoms with Gasteiger partial charge in [-0.15, -0.1) is 0 Å². The SMILES string of the molecule is CCOCCS(=O)(=O)Nc1ccc(N)cc1C#N. The molecule has 18 heavy (non-hydrogen) atoms. The summed E-state index contributed by atoms with van der Waals surface area (Å²) in [4.78, 5) is 0. The third-order valence-electron chi connectivity index (χ3n) is 2.13. The van der Waals surface area contributed by atoms with E-state index < -0.39 is 10.0 Å². The van der Waals surface area contributed by atoms with Gasteiger partial charge in [-0.2, -0.15) is 5.26 Å². The molecule has 0 saturated carbocycles. The zero-order valence-corrected chi connectivity index (χ0v) is 10.8. The lowest BCUT2D eigenvalue weighted by Crippen LogP contribution is -2.20. The highest BCUT2D eigenvalue weighted by molar-refractivity contribution is 7.92. The number of hydrogen-bond donors (Lipinski definition) is 2.